The molecule has 3 rings (SSSR count). The molecule has 1 fully saturated rings. The highest BCUT2D eigenvalue weighted by Gasteiger charge is 2.22. The van der Waals surface area contributed by atoms with E-state index in [1.807, 2.05) is 30.6 Å². The molecule has 0 radical (unpaired) electrons. The fraction of sp³-hybridized carbons (Fsp3) is 0.450. The second kappa shape index (κ2) is 8.13. The van der Waals surface area contributed by atoms with Crippen LogP contribution in [0.25, 0.3) is 0 Å². The normalized spacial score (nSPS) is 21.2. The molecule has 2 atom stereocenters. The number of thiophene rings is 1. The first-order valence-electron chi connectivity index (χ1n) is 8.76. The Morgan fingerprint density at radius 1 is 1.20 bits per heavy atom. The minimum absolute atomic E-state index is 0.0635. The number of morpholine rings is 1. The summed E-state index contributed by atoms with van der Waals surface area (Å²) in [6, 6.07) is 12.1. The van der Waals surface area contributed by atoms with Crippen LogP contribution < -0.4 is 0 Å². The van der Waals surface area contributed by atoms with Gasteiger partial charge in [-0.05, 0) is 43.0 Å². The Morgan fingerprint density at radius 2 is 1.88 bits per heavy atom. The lowest BCUT2D eigenvalue weighted by Gasteiger charge is -2.35. The Balaban J connectivity index is 1.58. The number of hydrogen-bond donors (Lipinski definition) is 0. The van der Waals surface area contributed by atoms with Gasteiger partial charge < -0.3 is 9.64 Å². The summed E-state index contributed by atoms with van der Waals surface area (Å²) in [6.07, 6.45) is 0.547. The van der Waals surface area contributed by atoms with Gasteiger partial charge in [0.15, 0.2) is 0 Å². The van der Waals surface area contributed by atoms with Crippen molar-refractivity contribution < 1.29 is 9.53 Å². The number of nitrogens with zero attached hydrogens (tertiary/aromatic N) is 2. The van der Waals surface area contributed by atoms with Crippen LogP contribution in [0.3, 0.4) is 0 Å². The average Bonchev–Trinajstić information content (AvgIpc) is 3.07. The first kappa shape index (κ1) is 18.1. The van der Waals surface area contributed by atoms with E-state index in [0.717, 1.165) is 25.2 Å². The summed E-state index contributed by atoms with van der Waals surface area (Å²) < 4.78 is 5.78. The highest BCUT2D eigenvalue weighted by molar-refractivity contribution is 7.09. The van der Waals surface area contributed by atoms with Crippen LogP contribution in [0.1, 0.15) is 34.6 Å². The number of carbonyl (C=O) groups excluding carboxylic acids is 1. The smallest absolute Gasteiger partial charge is 0.253 e. The molecule has 2 unspecified atom stereocenters. The first-order chi connectivity index (χ1) is 12.0. The van der Waals surface area contributed by atoms with Gasteiger partial charge in [-0.15, -0.1) is 11.3 Å². The lowest BCUT2D eigenvalue weighted by atomic mass is 10.1. The summed E-state index contributed by atoms with van der Waals surface area (Å²) in [5, 5.41) is 2.04. The maximum absolute atomic E-state index is 12.6. The molecule has 2 aromatic rings. The quantitative estimate of drug-likeness (QED) is 0.818. The van der Waals surface area contributed by atoms with Crippen LogP contribution in [0.4, 0.5) is 0 Å². The van der Waals surface area contributed by atoms with Gasteiger partial charge in [-0.2, -0.15) is 0 Å². The molecule has 0 N–H and O–H groups in total. The number of carbonyl (C=O) groups is 1. The fourth-order valence-corrected chi connectivity index (χ4v) is 4.11. The molecule has 4 nitrogen and oxygen atoms in total. The number of rotatable bonds is 5. The minimum Gasteiger partial charge on any atom is -0.373 e. The van der Waals surface area contributed by atoms with Crippen molar-refractivity contribution in [2.75, 3.05) is 20.1 Å². The molecule has 1 aliphatic rings. The van der Waals surface area contributed by atoms with Crippen molar-refractivity contribution in [1.29, 1.82) is 0 Å². The second-order valence-electron chi connectivity index (χ2n) is 6.89. The van der Waals surface area contributed by atoms with Crippen molar-refractivity contribution in [1.82, 2.24) is 9.80 Å². The van der Waals surface area contributed by atoms with Gasteiger partial charge in [0.1, 0.15) is 0 Å². The van der Waals surface area contributed by atoms with Crippen LogP contribution in [0.5, 0.6) is 0 Å². The standard InChI is InChI=1S/C20H26N2O2S/c1-15-11-22(12-16(2)24-15)13-17-6-8-18(9-7-17)20(23)21(3)14-19-5-4-10-25-19/h4-10,15-16H,11-14H2,1-3H3. The number of amides is 1. The van der Waals surface area contributed by atoms with Crippen LogP contribution in [0, 0.1) is 0 Å². The molecule has 0 saturated carbocycles. The monoisotopic (exact) mass is 358 g/mol. The molecule has 1 amide bonds. The summed E-state index contributed by atoms with van der Waals surface area (Å²) in [5.41, 5.74) is 1.98. The summed E-state index contributed by atoms with van der Waals surface area (Å²) in [4.78, 5) is 17.9. The Labute approximate surface area is 154 Å². The van der Waals surface area contributed by atoms with E-state index in [1.165, 1.54) is 10.4 Å². The zero-order valence-corrected chi connectivity index (χ0v) is 16.0. The molecular weight excluding hydrogens is 332 g/mol. The van der Waals surface area contributed by atoms with E-state index >= 15 is 0 Å². The molecule has 0 bridgehead atoms. The summed E-state index contributed by atoms with van der Waals surface area (Å²) >= 11 is 1.68. The zero-order chi connectivity index (χ0) is 17.8. The highest BCUT2D eigenvalue weighted by Crippen LogP contribution is 2.16. The molecular formula is C20H26N2O2S. The summed E-state index contributed by atoms with van der Waals surface area (Å²) in [7, 11) is 1.85. The maximum Gasteiger partial charge on any atom is 0.253 e. The van der Waals surface area contributed by atoms with E-state index < -0.39 is 0 Å². The van der Waals surface area contributed by atoms with Crippen LogP contribution in [-0.2, 0) is 17.8 Å². The van der Waals surface area contributed by atoms with Gasteiger partial charge in [0.05, 0.1) is 18.8 Å². The van der Waals surface area contributed by atoms with E-state index in [2.05, 4.69) is 36.9 Å². The van der Waals surface area contributed by atoms with Gasteiger partial charge in [-0.3, -0.25) is 9.69 Å². The molecule has 134 valence electrons. The predicted octanol–water partition coefficient (Wildman–Crippen LogP) is 3.63. The molecule has 1 aliphatic heterocycles. The van der Waals surface area contributed by atoms with Crippen LogP contribution in [-0.4, -0.2) is 48.1 Å². The minimum atomic E-state index is 0.0635. The third kappa shape index (κ3) is 4.91. The van der Waals surface area contributed by atoms with Crippen molar-refractivity contribution in [3.05, 3.63) is 57.8 Å². The van der Waals surface area contributed by atoms with Gasteiger partial charge in [-0.25, -0.2) is 0 Å². The lowest BCUT2D eigenvalue weighted by Crippen LogP contribution is -2.44. The maximum atomic E-state index is 12.6. The van der Waals surface area contributed by atoms with Crippen LogP contribution >= 0.6 is 11.3 Å². The molecule has 25 heavy (non-hydrogen) atoms. The number of hydrogen-bond acceptors (Lipinski definition) is 4. The van der Waals surface area contributed by atoms with Gasteiger partial charge in [0.2, 0.25) is 0 Å². The number of ether oxygens (including phenoxy) is 1. The van der Waals surface area contributed by atoms with Gasteiger partial charge >= 0.3 is 0 Å². The molecule has 0 spiro atoms. The van der Waals surface area contributed by atoms with Crippen LogP contribution in [0.2, 0.25) is 0 Å². The molecule has 1 saturated heterocycles. The summed E-state index contributed by atoms with van der Waals surface area (Å²) in [6.45, 7) is 7.70. The van der Waals surface area contributed by atoms with Crippen molar-refractivity contribution in [2.45, 2.75) is 39.1 Å². The van der Waals surface area contributed by atoms with Gasteiger partial charge in [0.25, 0.3) is 5.91 Å². The van der Waals surface area contributed by atoms with E-state index in [-0.39, 0.29) is 18.1 Å². The zero-order valence-electron chi connectivity index (χ0n) is 15.1. The molecule has 1 aromatic heterocycles. The lowest BCUT2D eigenvalue weighted by molar-refractivity contribution is -0.0704. The molecule has 5 heteroatoms. The topological polar surface area (TPSA) is 32.8 Å². The van der Waals surface area contributed by atoms with E-state index in [9.17, 15) is 4.79 Å². The van der Waals surface area contributed by atoms with Gasteiger partial charge in [-0.1, -0.05) is 18.2 Å². The van der Waals surface area contributed by atoms with Crippen molar-refractivity contribution >= 4 is 17.2 Å². The summed E-state index contributed by atoms with van der Waals surface area (Å²) in [5.74, 6) is 0.0635. The van der Waals surface area contributed by atoms with Crippen molar-refractivity contribution in [3.8, 4) is 0 Å². The first-order valence-corrected chi connectivity index (χ1v) is 9.64. The SMILES string of the molecule is CC1CN(Cc2ccc(C(=O)N(C)Cc3cccs3)cc2)CC(C)O1. The highest BCUT2D eigenvalue weighted by atomic mass is 32.1. The van der Waals surface area contributed by atoms with E-state index in [0.29, 0.717) is 6.54 Å². The average molecular weight is 359 g/mol. The molecule has 2 heterocycles. The molecule has 1 aromatic carbocycles. The van der Waals surface area contributed by atoms with Crippen molar-refractivity contribution in [2.24, 2.45) is 0 Å². The Morgan fingerprint density at radius 3 is 2.48 bits per heavy atom. The van der Waals surface area contributed by atoms with E-state index in [4.69, 9.17) is 4.74 Å². The Hall–Kier alpha value is -1.69. The second-order valence-corrected chi connectivity index (χ2v) is 7.92. The third-order valence-electron chi connectivity index (χ3n) is 4.42. The van der Waals surface area contributed by atoms with Crippen molar-refractivity contribution in [3.63, 3.8) is 0 Å². The Bertz CT molecular complexity index is 674. The Kier molecular flexibility index (Phi) is 5.89. The van der Waals surface area contributed by atoms with E-state index in [1.54, 1.807) is 16.2 Å². The van der Waals surface area contributed by atoms with Gasteiger partial charge in [0, 0.05) is 37.1 Å². The molecule has 0 aliphatic carbocycles. The fourth-order valence-electron chi connectivity index (χ4n) is 3.35. The predicted molar refractivity (Wildman–Crippen MR) is 102 cm³/mol. The third-order valence-corrected chi connectivity index (χ3v) is 5.28. The number of benzene rings is 1. The van der Waals surface area contributed by atoms with Crippen LogP contribution in [0.15, 0.2) is 41.8 Å². The largest absolute Gasteiger partial charge is 0.373 e.